The lowest BCUT2D eigenvalue weighted by Gasteiger charge is -2.22. The first-order valence-corrected chi connectivity index (χ1v) is 2.93. The Morgan fingerprint density at radius 1 is 1.50 bits per heavy atom. The number of hydrogen-bond acceptors (Lipinski definition) is 0. The van der Waals surface area contributed by atoms with Crippen molar-refractivity contribution in [1.82, 2.24) is 0 Å². The fourth-order valence-electron chi connectivity index (χ4n) is 0.901. The third-order valence-corrected chi connectivity index (χ3v) is 1.80. The Balaban J connectivity index is 2.01. The molecule has 0 spiro atoms. The summed E-state index contributed by atoms with van der Waals surface area (Å²) in [4.78, 5) is 0. The Morgan fingerprint density at radius 2 is 2.17 bits per heavy atom. The molecular weight excluding hydrogens is 70.9 g/mol. The Morgan fingerprint density at radius 3 is 2.17 bits per heavy atom. The maximum atomic E-state index is 2.28. The summed E-state index contributed by atoms with van der Waals surface area (Å²) in [5.41, 5.74) is 0. The lowest BCUT2D eigenvalue weighted by molar-refractivity contribution is 0.499. The Hall–Kier alpha value is 0.0649. The van der Waals surface area contributed by atoms with Gasteiger partial charge in [-0.3, -0.25) is 0 Å². The van der Waals surface area contributed by atoms with E-state index in [-0.39, 0.29) is 0 Å². The average Bonchev–Trinajstić information content (AvgIpc) is 1.31. The van der Waals surface area contributed by atoms with Gasteiger partial charge < -0.3 is 0 Å². The zero-order valence-corrected chi connectivity index (χ0v) is 4.41. The van der Waals surface area contributed by atoms with Crippen molar-refractivity contribution in [2.24, 2.45) is 0 Å². The van der Waals surface area contributed by atoms with Crippen LogP contribution in [0, 0.1) is 0 Å². The molecule has 1 heteroatoms. The van der Waals surface area contributed by atoms with E-state index in [1.165, 1.54) is 26.5 Å². The molecule has 0 amide bonds. The van der Waals surface area contributed by atoms with Gasteiger partial charge in [0, 0.05) is 0 Å². The maximum Gasteiger partial charge on any atom is 0.120 e. The summed E-state index contributed by atoms with van der Waals surface area (Å²) in [6.45, 7) is 2.28. The van der Waals surface area contributed by atoms with Crippen LogP contribution in [0.25, 0.3) is 0 Å². The van der Waals surface area contributed by atoms with Crippen LogP contribution in [-0.2, 0) is 0 Å². The Bertz CT molecular complexity index is 36.4. The third kappa shape index (κ3) is 0.587. The van der Waals surface area contributed by atoms with E-state index < -0.39 is 0 Å². The molecule has 0 unspecified atom stereocenters. The van der Waals surface area contributed by atoms with Crippen molar-refractivity contribution >= 4 is 7.28 Å². The second-order valence-corrected chi connectivity index (χ2v) is 2.21. The Kier molecular flexibility index (Phi) is 1.18. The third-order valence-electron chi connectivity index (χ3n) is 1.80. The van der Waals surface area contributed by atoms with Crippen LogP contribution in [0.2, 0.25) is 12.6 Å². The molecule has 0 nitrogen and oxygen atoms in total. The summed E-state index contributed by atoms with van der Waals surface area (Å²) < 4.78 is 0. The van der Waals surface area contributed by atoms with Crippen LogP contribution in [0.4, 0.5) is 0 Å². The number of hydrogen-bond donors (Lipinski definition) is 0. The minimum absolute atomic E-state index is 1.12. The molecule has 0 aromatic heterocycles. The topological polar surface area (TPSA) is 0 Å². The molecule has 0 aliphatic heterocycles. The fraction of sp³-hybridized carbons (Fsp3) is 1.00. The van der Waals surface area contributed by atoms with Gasteiger partial charge >= 0.3 is 0 Å². The molecule has 0 aromatic carbocycles. The zero-order valence-electron chi connectivity index (χ0n) is 4.41. The highest BCUT2D eigenvalue weighted by molar-refractivity contribution is 6.35. The van der Waals surface area contributed by atoms with E-state index in [0.717, 1.165) is 5.82 Å². The smallest absolute Gasteiger partial charge is 0.0891 e. The molecule has 0 heterocycles. The molecular formula is C5H11B. The van der Waals surface area contributed by atoms with Gasteiger partial charge in [-0.1, -0.05) is 31.9 Å². The molecule has 1 aliphatic rings. The van der Waals surface area contributed by atoms with E-state index in [1.54, 1.807) is 0 Å². The van der Waals surface area contributed by atoms with Crippen LogP contribution in [0.5, 0.6) is 0 Å². The van der Waals surface area contributed by atoms with Crippen LogP contribution >= 0.6 is 0 Å². The fourth-order valence-corrected chi connectivity index (χ4v) is 0.901. The van der Waals surface area contributed by atoms with E-state index >= 15 is 0 Å². The summed E-state index contributed by atoms with van der Waals surface area (Å²) in [6, 6.07) is 0. The van der Waals surface area contributed by atoms with Crippen LogP contribution < -0.4 is 0 Å². The van der Waals surface area contributed by atoms with E-state index in [4.69, 9.17) is 0 Å². The molecule has 0 atom stereocenters. The highest BCUT2D eigenvalue weighted by Crippen LogP contribution is 2.30. The molecule has 1 rings (SSSR count). The monoisotopic (exact) mass is 82.1 g/mol. The predicted octanol–water partition coefficient (Wildman–Crippen LogP) is 1.44. The molecule has 0 aromatic rings. The second-order valence-electron chi connectivity index (χ2n) is 2.21. The summed E-state index contributed by atoms with van der Waals surface area (Å²) in [6.07, 6.45) is 4.52. The van der Waals surface area contributed by atoms with Crippen molar-refractivity contribution in [2.45, 2.75) is 31.9 Å². The highest BCUT2D eigenvalue weighted by atomic mass is 14.1. The van der Waals surface area contributed by atoms with E-state index in [0.29, 0.717) is 0 Å². The van der Waals surface area contributed by atoms with Gasteiger partial charge in [0.1, 0.15) is 7.28 Å². The minimum Gasteiger partial charge on any atom is -0.0891 e. The quantitative estimate of drug-likeness (QED) is 0.420. The van der Waals surface area contributed by atoms with Crippen LogP contribution in [0.3, 0.4) is 0 Å². The van der Waals surface area contributed by atoms with Gasteiger partial charge in [0.15, 0.2) is 0 Å². The van der Waals surface area contributed by atoms with E-state index in [9.17, 15) is 0 Å². The first-order chi connectivity index (χ1) is 2.93. The normalized spacial score (nSPS) is 22.8. The lowest BCUT2D eigenvalue weighted by Crippen LogP contribution is -2.08. The van der Waals surface area contributed by atoms with Crippen molar-refractivity contribution in [3.63, 3.8) is 0 Å². The van der Waals surface area contributed by atoms with E-state index in [1.807, 2.05) is 0 Å². The largest absolute Gasteiger partial charge is 0.120 e. The first kappa shape index (κ1) is 4.23. The van der Waals surface area contributed by atoms with Gasteiger partial charge in [0.25, 0.3) is 0 Å². The van der Waals surface area contributed by atoms with Crippen LogP contribution in [-0.4, -0.2) is 7.28 Å². The van der Waals surface area contributed by atoms with Crippen molar-refractivity contribution in [3.05, 3.63) is 0 Å². The average molecular weight is 82.0 g/mol. The second kappa shape index (κ2) is 1.68. The molecule has 1 saturated carbocycles. The predicted molar refractivity (Wildman–Crippen MR) is 30.6 cm³/mol. The summed E-state index contributed by atoms with van der Waals surface area (Å²) in [5, 5.41) is 0. The van der Waals surface area contributed by atoms with E-state index in [2.05, 4.69) is 6.82 Å². The van der Waals surface area contributed by atoms with Gasteiger partial charge in [-0.25, -0.2) is 0 Å². The molecule has 0 N–H and O–H groups in total. The first-order valence-electron chi connectivity index (χ1n) is 2.93. The minimum atomic E-state index is 1.12. The van der Waals surface area contributed by atoms with Gasteiger partial charge in [-0.2, -0.15) is 0 Å². The molecule has 1 aliphatic carbocycles. The molecule has 0 radical (unpaired) electrons. The molecule has 34 valence electrons. The lowest BCUT2D eigenvalue weighted by atomic mass is 9.57. The zero-order chi connectivity index (χ0) is 4.41. The van der Waals surface area contributed by atoms with Crippen LogP contribution in [0.1, 0.15) is 19.3 Å². The maximum absolute atomic E-state index is 2.28. The Labute approximate surface area is 40.2 Å². The van der Waals surface area contributed by atoms with Gasteiger partial charge in [0.2, 0.25) is 0 Å². The van der Waals surface area contributed by atoms with Crippen molar-refractivity contribution in [1.29, 1.82) is 0 Å². The van der Waals surface area contributed by atoms with Gasteiger partial charge in [0.05, 0.1) is 0 Å². The highest BCUT2D eigenvalue weighted by Gasteiger charge is 2.14. The SMILES string of the molecule is CBC1CCC1. The van der Waals surface area contributed by atoms with Crippen molar-refractivity contribution in [3.8, 4) is 0 Å². The molecule has 1 fully saturated rings. The van der Waals surface area contributed by atoms with Crippen molar-refractivity contribution < 1.29 is 0 Å². The summed E-state index contributed by atoms with van der Waals surface area (Å²) >= 11 is 0. The molecule has 6 heavy (non-hydrogen) atoms. The van der Waals surface area contributed by atoms with Gasteiger partial charge in [-0.15, -0.1) is 0 Å². The molecule has 0 bridgehead atoms. The van der Waals surface area contributed by atoms with Crippen LogP contribution in [0.15, 0.2) is 0 Å². The van der Waals surface area contributed by atoms with Gasteiger partial charge in [-0.05, 0) is 0 Å². The van der Waals surface area contributed by atoms with Crippen molar-refractivity contribution in [2.75, 3.05) is 0 Å². The molecule has 0 saturated heterocycles. The summed E-state index contributed by atoms with van der Waals surface area (Å²) in [7, 11) is 1.42. The number of rotatable bonds is 1. The standard InChI is InChI=1S/C5H11B/c1-6-5-3-2-4-5/h5-6H,2-4H2,1H3. The summed E-state index contributed by atoms with van der Waals surface area (Å²) in [5.74, 6) is 1.12.